The van der Waals surface area contributed by atoms with Crippen LogP contribution in [0.1, 0.15) is 58.6 Å². The number of unbranched alkanes of at least 4 members (excludes halogenated alkanes) is 1. The summed E-state index contributed by atoms with van der Waals surface area (Å²) in [5.74, 6) is 0.487. The molecule has 0 aliphatic carbocycles. The van der Waals surface area contributed by atoms with Crippen LogP contribution in [0.25, 0.3) is 10.2 Å². The average molecular weight is 411 g/mol. The summed E-state index contributed by atoms with van der Waals surface area (Å²) >= 11 is 1.50. The molecule has 0 aliphatic heterocycles. The second-order valence-corrected chi connectivity index (χ2v) is 9.48. The molecule has 1 amide bonds. The molecule has 154 valence electrons. The number of nitrogens with zero attached hydrogens (tertiary/aromatic N) is 1. The summed E-state index contributed by atoms with van der Waals surface area (Å²) in [6.07, 6.45) is 2.83. The molecule has 1 unspecified atom stereocenters. The van der Waals surface area contributed by atoms with Crippen LogP contribution in [0.3, 0.4) is 0 Å². The van der Waals surface area contributed by atoms with E-state index in [-0.39, 0.29) is 11.3 Å². The van der Waals surface area contributed by atoms with Crippen LogP contribution in [0.4, 0.5) is 5.13 Å². The highest BCUT2D eigenvalue weighted by Gasteiger charge is 2.18. The zero-order chi connectivity index (χ0) is 21.0. The third-order valence-electron chi connectivity index (χ3n) is 4.90. The molecule has 29 heavy (non-hydrogen) atoms. The third-order valence-corrected chi connectivity index (χ3v) is 5.84. The lowest BCUT2D eigenvalue weighted by molar-refractivity contribution is -0.122. The predicted molar refractivity (Wildman–Crippen MR) is 122 cm³/mol. The Morgan fingerprint density at radius 3 is 2.55 bits per heavy atom. The SMILES string of the molecule is CCCCc1ccc2nc(NC(=O)C(C)Oc3ccc(C(C)(C)C)cc3)sc2c1. The standard InChI is InChI=1S/C24H30N2O2S/c1-6-7-8-17-9-14-20-21(15-17)29-23(25-20)26-22(27)16(2)28-19-12-10-18(11-13-19)24(3,4)5/h9-16H,6-8H2,1-5H3,(H,25,26,27). The number of ether oxygens (including phenoxy) is 1. The van der Waals surface area contributed by atoms with E-state index in [9.17, 15) is 4.79 Å². The zero-order valence-electron chi connectivity index (χ0n) is 17.9. The van der Waals surface area contributed by atoms with Gasteiger partial charge < -0.3 is 4.74 Å². The van der Waals surface area contributed by atoms with Gasteiger partial charge >= 0.3 is 0 Å². The van der Waals surface area contributed by atoms with E-state index in [2.05, 4.69) is 50.1 Å². The van der Waals surface area contributed by atoms with Crippen molar-refractivity contribution in [3.8, 4) is 5.75 Å². The molecular weight excluding hydrogens is 380 g/mol. The Kier molecular flexibility index (Phi) is 6.58. The minimum atomic E-state index is -0.609. The summed E-state index contributed by atoms with van der Waals surface area (Å²) in [7, 11) is 0. The van der Waals surface area contributed by atoms with Crippen molar-refractivity contribution < 1.29 is 9.53 Å². The summed E-state index contributed by atoms with van der Waals surface area (Å²) in [6.45, 7) is 10.5. The first-order valence-corrected chi connectivity index (χ1v) is 11.1. The van der Waals surface area contributed by atoms with Crippen molar-refractivity contribution >= 4 is 32.6 Å². The van der Waals surface area contributed by atoms with E-state index in [1.165, 1.54) is 35.3 Å². The largest absolute Gasteiger partial charge is 0.481 e. The quantitative estimate of drug-likeness (QED) is 0.494. The first-order chi connectivity index (χ1) is 13.8. The molecule has 1 heterocycles. The van der Waals surface area contributed by atoms with E-state index >= 15 is 0 Å². The number of fused-ring (bicyclic) bond motifs is 1. The summed E-state index contributed by atoms with van der Waals surface area (Å²) in [6, 6.07) is 14.3. The maximum atomic E-state index is 12.6. The van der Waals surface area contributed by atoms with Crippen LogP contribution in [0.2, 0.25) is 0 Å². The molecule has 1 aromatic heterocycles. The van der Waals surface area contributed by atoms with Crippen molar-refractivity contribution in [3.05, 3.63) is 53.6 Å². The van der Waals surface area contributed by atoms with E-state index < -0.39 is 6.10 Å². The second-order valence-electron chi connectivity index (χ2n) is 8.45. The molecule has 3 rings (SSSR count). The van der Waals surface area contributed by atoms with Crippen molar-refractivity contribution in [2.24, 2.45) is 0 Å². The van der Waals surface area contributed by atoms with Crippen molar-refractivity contribution in [2.75, 3.05) is 5.32 Å². The third kappa shape index (κ3) is 5.57. The Morgan fingerprint density at radius 1 is 1.17 bits per heavy atom. The van der Waals surface area contributed by atoms with Crippen LogP contribution in [0.15, 0.2) is 42.5 Å². The molecule has 4 nitrogen and oxygen atoms in total. The Bertz CT molecular complexity index is 971. The highest BCUT2D eigenvalue weighted by atomic mass is 32.1. The maximum absolute atomic E-state index is 12.6. The van der Waals surface area contributed by atoms with E-state index in [0.29, 0.717) is 10.9 Å². The fraction of sp³-hybridized carbons (Fsp3) is 0.417. The van der Waals surface area contributed by atoms with Crippen LogP contribution in [-0.4, -0.2) is 17.0 Å². The number of rotatable bonds is 7. The molecule has 0 saturated carbocycles. The van der Waals surface area contributed by atoms with Gasteiger partial charge in [-0.15, -0.1) is 0 Å². The monoisotopic (exact) mass is 410 g/mol. The van der Waals surface area contributed by atoms with E-state index in [1.807, 2.05) is 30.3 Å². The molecule has 0 radical (unpaired) electrons. The first-order valence-electron chi connectivity index (χ1n) is 10.2. The molecule has 0 saturated heterocycles. The van der Waals surface area contributed by atoms with Gasteiger partial charge in [0.1, 0.15) is 5.75 Å². The number of carbonyl (C=O) groups excluding carboxylic acids is 1. The average Bonchev–Trinajstić information content (AvgIpc) is 3.07. The number of benzene rings is 2. The molecule has 2 aromatic carbocycles. The molecule has 0 aliphatic rings. The minimum Gasteiger partial charge on any atom is -0.481 e. The van der Waals surface area contributed by atoms with Crippen molar-refractivity contribution in [1.82, 2.24) is 4.98 Å². The molecule has 0 spiro atoms. The Labute approximate surface area is 177 Å². The Hall–Kier alpha value is -2.40. The molecule has 1 atom stereocenters. The van der Waals surface area contributed by atoms with Gasteiger partial charge in [0.2, 0.25) is 0 Å². The lowest BCUT2D eigenvalue weighted by Gasteiger charge is -2.20. The van der Waals surface area contributed by atoms with Crippen LogP contribution in [-0.2, 0) is 16.6 Å². The highest BCUT2D eigenvalue weighted by molar-refractivity contribution is 7.22. The smallest absolute Gasteiger partial charge is 0.266 e. The van der Waals surface area contributed by atoms with Crippen molar-refractivity contribution in [1.29, 1.82) is 0 Å². The van der Waals surface area contributed by atoms with Gasteiger partial charge in [0.15, 0.2) is 11.2 Å². The summed E-state index contributed by atoms with van der Waals surface area (Å²) in [5.41, 5.74) is 3.55. The van der Waals surface area contributed by atoms with Crippen molar-refractivity contribution in [2.45, 2.75) is 65.4 Å². The normalized spacial score (nSPS) is 12.7. The number of aryl methyl sites for hydroxylation is 1. The van der Waals surface area contributed by atoms with Gasteiger partial charge in [0, 0.05) is 0 Å². The van der Waals surface area contributed by atoms with Gasteiger partial charge in [-0.05, 0) is 60.6 Å². The Balaban J connectivity index is 1.63. The Morgan fingerprint density at radius 2 is 1.90 bits per heavy atom. The molecule has 0 fully saturated rings. The molecule has 5 heteroatoms. The summed E-state index contributed by atoms with van der Waals surface area (Å²) < 4.78 is 6.92. The number of amides is 1. The van der Waals surface area contributed by atoms with Crippen LogP contribution < -0.4 is 10.1 Å². The van der Waals surface area contributed by atoms with Gasteiger partial charge in [-0.25, -0.2) is 4.98 Å². The van der Waals surface area contributed by atoms with Gasteiger partial charge in [0.25, 0.3) is 5.91 Å². The number of thiazole rings is 1. The van der Waals surface area contributed by atoms with E-state index in [4.69, 9.17) is 4.74 Å². The summed E-state index contributed by atoms with van der Waals surface area (Å²) in [4.78, 5) is 17.1. The van der Waals surface area contributed by atoms with Crippen LogP contribution in [0, 0.1) is 0 Å². The molecule has 0 bridgehead atoms. The minimum absolute atomic E-state index is 0.0881. The van der Waals surface area contributed by atoms with Crippen molar-refractivity contribution in [3.63, 3.8) is 0 Å². The van der Waals surface area contributed by atoms with E-state index in [0.717, 1.165) is 16.6 Å². The number of carbonyl (C=O) groups is 1. The lowest BCUT2D eigenvalue weighted by Crippen LogP contribution is -2.30. The van der Waals surface area contributed by atoms with Crippen LogP contribution >= 0.6 is 11.3 Å². The second kappa shape index (κ2) is 8.95. The number of aromatic nitrogens is 1. The summed E-state index contributed by atoms with van der Waals surface area (Å²) in [5, 5.41) is 3.50. The van der Waals surface area contributed by atoms with Gasteiger partial charge in [-0.2, -0.15) is 0 Å². The number of hydrogen-bond donors (Lipinski definition) is 1. The van der Waals surface area contributed by atoms with Gasteiger partial charge in [0.05, 0.1) is 10.2 Å². The fourth-order valence-electron chi connectivity index (χ4n) is 3.06. The predicted octanol–water partition coefficient (Wildman–Crippen LogP) is 6.34. The van der Waals surface area contributed by atoms with Gasteiger partial charge in [-0.3, -0.25) is 10.1 Å². The lowest BCUT2D eigenvalue weighted by atomic mass is 9.87. The highest BCUT2D eigenvalue weighted by Crippen LogP contribution is 2.28. The number of anilines is 1. The number of hydrogen-bond acceptors (Lipinski definition) is 4. The van der Waals surface area contributed by atoms with E-state index in [1.54, 1.807) is 6.92 Å². The maximum Gasteiger partial charge on any atom is 0.266 e. The van der Waals surface area contributed by atoms with Gasteiger partial charge in [-0.1, -0.05) is 63.7 Å². The number of nitrogens with one attached hydrogen (secondary N) is 1. The fourth-order valence-corrected chi connectivity index (χ4v) is 3.99. The van der Waals surface area contributed by atoms with Crippen LogP contribution in [0.5, 0.6) is 5.75 Å². The first kappa shape index (κ1) is 21.3. The topological polar surface area (TPSA) is 51.2 Å². The zero-order valence-corrected chi connectivity index (χ0v) is 18.7. The molecular formula is C24H30N2O2S. The molecule has 1 N–H and O–H groups in total. The molecule has 3 aromatic rings.